The number of hydrogen-bond donors (Lipinski definition) is 3. The van der Waals surface area contributed by atoms with Crippen molar-refractivity contribution in [3.05, 3.63) is 52.5 Å². The molecule has 0 saturated heterocycles. The highest BCUT2D eigenvalue weighted by Crippen LogP contribution is 2.21. The third-order valence-electron chi connectivity index (χ3n) is 2.41. The van der Waals surface area contributed by atoms with Gasteiger partial charge in [0.1, 0.15) is 5.69 Å². The summed E-state index contributed by atoms with van der Waals surface area (Å²) in [5.41, 5.74) is 6.54. The fourth-order valence-electron chi connectivity index (χ4n) is 1.49. The van der Waals surface area contributed by atoms with E-state index in [2.05, 4.69) is 36.4 Å². The highest BCUT2D eigenvalue weighted by molar-refractivity contribution is 9.10. The highest BCUT2D eigenvalue weighted by Gasteiger charge is 2.13. The van der Waals surface area contributed by atoms with Gasteiger partial charge in [0, 0.05) is 22.4 Å². The Balaban J connectivity index is 2.32. The third kappa shape index (κ3) is 3.09. The van der Waals surface area contributed by atoms with E-state index in [1.807, 2.05) is 0 Å². The third-order valence-corrected chi connectivity index (χ3v) is 2.90. The lowest BCUT2D eigenvalue weighted by Crippen LogP contribution is -2.20. The van der Waals surface area contributed by atoms with Crippen LogP contribution >= 0.6 is 15.9 Å². The van der Waals surface area contributed by atoms with Crippen LogP contribution in [0.4, 0.5) is 5.69 Å². The van der Waals surface area contributed by atoms with Gasteiger partial charge in [0.25, 0.3) is 5.91 Å². The Morgan fingerprint density at radius 2 is 2.20 bits per heavy atom. The monoisotopic (exact) mass is 335 g/mol. The molecule has 1 aromatic carbocycles. The minimum atomic E-state index is -0.438. The lowest BCUT2D eigenvalue weighted by molar-refractivity contribution is 0.102. The number of halogens is 1. The van der Waals surface area contributed by atoms with E-state index in [1.165, 1.54) is 18.6 Å². The molecule has 0 aliphatic carbocycles. The molecule has 4 N–H and O–H groups in total. The quantitative estimate of drug-likeness (QED) is 0.341. The normalized spacial score (nSPS) is 11.2. The second kappa shape index (κ2) is 6.11. The molecule has 0 saturated carbocycles. The Kier molecular flexibility index (Phi) is 4.26. The van der Waals surface area contributed by atoms with Crippen LogP contribution in [0, 0.1) is 0 Å². The van der Waals surface area contributed by atoms with Gasteiger partial charge in [-0.2, -0.15) is 0 Å². The average Bonchev–Trinajstić information content (AvgIpc) is 2.49. The van der Waals surface area contributed by atoms with E-state index in [1.54, 1.807) is 18.2 Å². The predicted octanol–water partition coefficient (Wildman–Crippen LogP) is 1.59. The summed E-state index contributed by atoms with van der Waals surface area (Å²) in [6, 6.07) is 4.98. The molecule has 102 valence electrons. The molecule has 0 unspecified atom stereocenters. The first-order valence-electron chi connectivity index (χ1n) is 5.46. The summed E-state index contributed by atoms with van der Waals surface area (Å²) >= 11 is 3.28. The van der Waals surface area contributed by atoms with Crippen molar-refractivity contribution in [2.75, 3.05) is 5.32 Å². The smallest absolute Gasteiger partial charge is 0.275 e. The molecular formula is C12H10BrN5O2. The van der Waals surface area contributed by atoms with Crippen LogP contribution in [0.1, 0.15) is 16.1 Å². The zero-order valence-electron chi connectivity index (χ0n) is 10.1. The number of anilines is 1. The number of nitrogens with two attached hydrogens (primary N) is 1. The largest absolute Gasteiger partial charge is 0.409 e. The van der Waals surface area contributed by atoms with Gasteiger partial charge < -0.3 is 16.3 Å². The number of benzene rings is 1. The van der Waals surface area contributed by atoms with Crippen LogP contribution in [0.3, 0.4) is 0 Å². The van der Waals surface area contributed by atoms with Gasteiger partial charge in [-0.25, -0.2) is 4.98 Å². The molecule has 0 aliphatic heterocycles. The van der Waals surface area contributed by atoms with Crippen LogP contribution in [0.5, 0.6) is 0 Å². The van der Waals surface area contributed by atoms with E-state index >= 15 is 0 Å². The average molecular weight is 336 g/mol. The number of amidine groups is 1. The van der Waals surface area contributed by atoms with Crippen molar-refractivity contribution in [1.29, 1.82) is 0 Å². The molecule has 0 atom stereocenters. The van der Waals surface area contributed by atoms with Crippen molar-refractivity contribution in [1.82, 2.24) is 9.97 Å². The van der Waals surface area contributed by atoms with E-state index in [0.717, 1.165) is 4.47 Å². The minimum Gasteiger partial charge on any atom is -0.409 e. The molecule has 1 amide bonds. The van der Waals surface area contributed by atoms with E-state index < -0.39 is 5.91 Å². The summed E-state index contributed by atoms with van der Waals surface area (Å²) < 4.78 is 0.733. The second-order valence-electron chi connectivity index (χ2n) is 3.72. The maximum Gasteiger partial charge on any atom is 0.275 e. The summed E-state index contributed by atoms with van der Waals surface area (Å²) in [6.07, 6.45) is 4.23. The zero-order valence-corrected chi connectivity index (χ0v) is 11.7. The molecule has 20 heavy (non-hydrogen) atoms. The molecule has 7 nitrogen and oxygen atoms in total. The number of carbonyl (C=O) groups excluding carboxylic acids is 1. The van der Waals surface area contributed by atoms with Crippen molar-refractivity contribution in [2.45, 2.75) is 0 Å². The first-order chi connectivity index (χ1) is 9.61. The standard InChI is InChI=1S/C12H10BrN5O2/c13-7-1-2-9(8(5-7)11(14)18-20)17-12(19)10-6-15-3-4-16-10/h1-6,20H,(H2,14,18)(H,17,19). The van der Waals surface area contributed by atoms with E-state index in [4.69, 9.17) is 10.9 Å². The van der Waals surface area contributed by atoms with Gasteiger partial charge in [0.2, 0.25) is 0 Å². The summed E-state index contributed by atoms with van der Waals surface area (Å²) in [4.78, 5) is 19.7. The van der Waals surface area contributed by atoms with Crippen LogP contribution in [-0.2, 0) is 0 Å². The van der Waals surface area contributed by atoms with Gasteiger partial charge in [-0.15, -0.1) is 0 Å². The molecule has 0 radical (unpaired) electrons. The van der Waals surface area contributed by atoms with Crippen molar-refractivity contribution >= 4 is 33.4 Å². The Bertz CT molecular complexity index is 660. The van der Waals surface area contributed by atoms with Crippen molar-refractivity contribution in [3.8, 4) is 0 Å². The SMILES string of the molecule is N/C(=N/O)c1cc(Br)ccc1NC(=O)c1cnccn1. The van der Waals surface area contributed by atoms with Crippen molar-refractivity contribution in [3.63, 3.8) is 0 Å². The van der Waals surface area contributed by atoms with Crippen molar-refractivity contribution in [2.24, 2.45) is 10.9 Å². The van der Waals surface area contributed by atoms with Crippen LogP contribution in [0.25, 0.3) is 0 Å². The summed E-state index contributed by atoms with van der Waals surface area (Å²) in [7, 11) is 0. The second-order valence-corrected chi connectivity index (χ2v) is 4.64. The Morgan fingerprint density at radius 3 is 2.85 bits per heavy atom. The number of carbonyl (C=O) groups is 1. The van der Waals surface area contributed by atoms with Gasteiger partial charge in [-0.3, -0.25) is 9.78 Å². The number of amides is 1. The first kappa shape index (κ1) is 13.9. The van der Waals surface area contributed by atoms with E-state index in [-0.39, 0.29) is 11.5 Å². The van der Waals surface area contributed by atoms with Gasteiger partial charge in [-0.05, 0) is 18.2 Å². The van der Waals surface area contributed by atoms with Gasteiger partial charge in [-0.1, -0.05) is 21.1 Å². The molecule has 2 aromatic rings. The highest BCUT2D eigenvalue weighted by atomic mass is 79.9. The molecule has 8 heteroatoms. The van der Waals surface area contributed by atoms with Crippen LogP contribution in [-0.4, -0.2) is 26.9 Å². The lowest BCUT2D eigenvalue weighted by Gasteiger charge is -2.10. The fourth-order valence-corrected chi connectivity index (χ4v) is 1.86. The first-order valence-corrected chi connectivity index (χ1v) is 6.26. The maximum absolute atomic E-state index is 12.0. The molecule has 2 rings (SSSR count). The van der Waals surface area contributed by atoms with Crippen molar-refractivity contribution < 1.29 is 10.0 Å². The Morgan fingerprint density at radius 1 is 1.40 bits per heavy atom. The van der Waals surface area contributed by atoms with Crippen LogP contribution in [0.2, 0.25) is 0 Å². The number of rotatable bonds is 3. The Hall–Kier alpha value is -2.48. The number of aromatic nitrogens is 2. The molecule has 0 aliphatic rings. The zero-order chi connectivity index (χ0) is 14.5. The molecule has 0 spiro atoms. The van der Waals surface area contributed by atoms with Gasteiger partial charge in [0.15, 0.2) is 5.84 Å². The summed E-state index contributed by atoms with van der Waals surface area (Å²) in [5.74, 6) is -0.548. The lowest BCUT2D eigenvalue weighted by atomic mass is 10.1. The number of oxime groups is 1. The van der Waals surface area contributed by atoms with Gasteiger partial charge in [0.05, 0.1) is 11.9 Å². The molecule has 1 heterocycles. The van der Waals surface area contributed by atoms with Crippen LogP contribution in [0.15, 0.2) is 46.4 Å². The predicted molar refractivity (Wildman–Crippen MR) is 76.6 cm³/mol. The topological polar surface area (TPSA) is 113 Å². The number of nitrogens with zero attached hydrogens (tertiary/aromatic N) is 3. The number of nitrogens with one attached hydrogen (secondary N) is 1. The molecule has 0 fully saturated rings. The molecule has 0 bridgehead atoms. The van der Waals surface area contributed by atoms with Gasteiger partial charge >= 0.3 is 0 Å². The molecule has 1 aromatic heterocycles. The van der Waals surface area contributed by atoms with E-state index in [0.29, 0.717) is 11.3 Å². The summed E-state index contributed by atoms with van der Waals surface area (Å²) in [6.45, 7) is 0. The summed E-state index contributed by atoms with van der Waals surface area (Å²) in [5, 5.41) is 14.3. The maximum atomic E-state index is 12.0. The van der Waals surface area contributed by atoms with E-state index in [9.17, 15) is 4.79 Å². The number of hydrogen-bond acceptors (Lipinski definition) is 5. The molecular weight excluding hydrogens is 326 g/mol. The minimum absolute atomic E-state index is 0.110. The Labute approximate surface area is 122 Å². The fraction of sp³-hybridized carbons (Fsp3) is 0. The van der Waals surface area contributed by atoms with Crippen LogP contribution < -0.4 is 11.1 Å².